The van der Waals surface area contributed by atoms with Crippen LogP contribution in [-0.2, 0) is 0 Å². The van der Waals surface area contributed by atoms with E-state index in [0.717, 1.165) is 0 Å². The molecule has 1 aromatic rings. The van der Waals surface area contributed by atoms with Crippen LogP contribution in [0.3, 0.4) is 0 Å². The lowest BCUT2D eigenvalue weighted by Gasteiger charge is -1.69. The van der Waals surface area contributed by atoms with E-state index in [2.05, 4.69) is 10.2 Å². The van der Waals surface area contributed by atoms with E-state index < -0.39 is 0 Å². The summed E-state index contributed by atoms with van der Waals surface area (Å²) in [5, 5.41) is 7.07. The molecule has 0 aromatic carbocycles. The summed E-state index contributed by atoms with van der Waals surface area (Å²) in [5.74, 6) is 0. The second-order valence-corrected chi connectivity index (χ2v) is 0.914. The maximum absolute atomic E-state index is 3.53. The third kappa shape index (κ3) is 3.28. The highest BCUT2D eigenvalue weighted by Gasteiger charge is 1.59. The van der Waals surface area contributed by atoms with E-state index in [-0.39, 0.29) is 0 Å². The number of hydrogen-bond acceptors (Lipinski definition) is 2. The Morgan fingerprint density at radius 3 is 1.38 bits per heavy atom. The van der Waals surface area contributed by atoms with Crippen LogP contribution in [0.25, 0.3) is 0 Å². The molecule has 44 valence electrons. The highest BCUT2D eigenvalue weighted by atomic mass is 15.1. The minimum absolute atomic E-state index is 1.64. The average molecular weight is 110 g/mol. The first-order valence-corrected chi connectivity index (χ1v) is 2.72. The van der Waals surface area contributed by atoms with Gasteiger partial charge >= 0.3 is 0 Å². The second-order valence-electron chi connectivity index (χ2n) is 0.914. The lowest BCUT2D eigenvalue weighted by atomic mass is 10.6. The number of nitrogens with zero attached hydrogens (tertiary/aromatic N) is 2. The molecular weight excluding hydrogens is 100 g/mol. The summed E-state index contributed by atoms with van der Waals surface area (Å²) in [6.45, 7) is 4.00. The van der Waals surface area contributed by atoms with Gasteiger partial charge in [-0.3, -0.25) is 0 Å². The van der Waals surface area contributed by atoms with Crippen LogP contribution in [0.5, 0.6) is 0 Å². The summed E-state index contributed by atoms with van der Waals surface area (Å²) in [6, 6.07) is 3.65. The second kappa shape index (κ2) is 6.08. The van der Waals surface area contributed by atoms with Gasteiger partial charge in [-0.25, -0.2) is 0 Å². The molecule has 0 spiro atoms. The first-order valence-electron chi connectivity index (χ1n) is 2.72. The lowest BCUT2D eigenvalue weighted by Crippen LogP contribution is -1.69. The summed E-state index contributed by atoms with van der Waals surface area (Å²) in [4.78, 5) is 0. The van der Waals surface area contributed by atoms with Gasteiger partial charge in [0, 0.05) is 12.4 Å². The number of aromatic nitrogens is 2. The van der Waals surface area contributed by atoms with Gasteiger partial charge in [-0.1, -0.05) is 13.8 Å². The molecule has 1 heterocycles. The van der Waals surface area contributed by atoms with Crippen LogP contribution in [-0.4, -0.2) is 10.2 Å². The molecule has 0 unspecified atom stereocenters. The maximum Gasteiger partial charge on any atom is 0.0496 e. The molecule has 0 aliphatic rings. The molecule has 0 saturated carbocycles. The van der Waals surface area contributed by atoms with Crippen molar-refractivity contribution in [3.05, 3.63) is 24.5 Å². The van der Waals surface area contributed by atoms with Crippen molar-refractivity contribution in [2.45, 2.75) is 13.8 Å². The van der Waals surface area contributed by atoms with Crippen molar-refractivity contribution < 1.29 is 0 Å². The minimum atomic E-state index is 1.64. The van der Waals surface area contributed by atoms with Crippen LogP contribution < -0.4 is 0 Å². The van der Waals surface area contributed by atoms with E-state index in [4.69, 9.17) is 0 Å². The van der Waals surface area contributed by atoms with Crippen LogP contribution >= 0.6 is 0 Å². The summed E-state index contributed by atoms with van der Waals surface area (Å²) < 4.78 is 0. The van der Waals surface area contributed by atoms with E-state index in [9.17, 15) is 0 Å². The van der Waals surface area contributed by atoms with Crippen molar-refractivity contribution >= 4 is 0 Å². The van der Waals surface area contributed by atoms with Crippen LogP contribution in [0.15, 0.2) is 24.5 Å². The summed E-state index contributed by atoms with van der Waals surface area (Å²) in [5.41, 5.74) is 0. The molecule has 0 aliphatic heterocycles. The smallest absolute Gasteiger partial charge is 0.0496 e. The molecule has 2 nitrogen and oxygen atoms in total. The van der Waals surface area contributed by atoms with E-state index >= 15 is 0 Å². The topological polar surface area (TPSA) is 25.8 Å². The predicted molar refractivity (Wildman–Crippen MR) is 33.4 cm³/mol. The maximum atomic E-state index is 3.53. The predicted octanol–water partition coefficient (Wildman–Crippen LogP) is 1.50. The van der Waals surface area contributed by atoms with Crippen molar-refractivity contribution in [1.29, 1.82) is 0 Å². The van der Waals surface area contributed by atoms with Crippen molar-refractivity contribution in [2.24, 2.45) is 0 Å². The molecular formula is C6H10N2. The highest BCUT2D eigenvalue weighted by molar-refractivity contribution is 4.79. The Morgan fingerprint density at radius 1 is 0.875 bits per heavy atom. The third-order valence-corrected chi connectivity index (χ3v) is 0.483. The Hall–Kier alpha value is -0.920. The Balaban J connectivity index is 0.000000222. The largest absolute Gasteiger partial charge is 0.159 e. The van der Waals surface area contributed by atoms with Crippen molar-refractivity contribution in [2.75, 3.05) is 0 Å². The van der Waals surface area contributed by atoms with E-state index in [0.29, 0.717) is 0 Å². The zero-order valence-electron chi connectivity index (χ0n) is 5.20. The van der Waals surface area contributed by atoms with Gasteiger partial charge in [0.15, 0.2) is 0 Å². The van der Waals surface area contributed by atoms with Crippen molar-refractivity contribution in [3.8, 4) is 0 Å². The van der Waals surface area contributed by atoms with Gasteiger partial charge < -0.3 is 0 Å². The number of hydrogen-bond donors (Lipinski definition) is 0. The molecule has 1 rings (SSSR count). The van der Waals surface area contributed by atoms with Gasteiger partial charge in [0.2, 0.25) is 0 Å². The Morgan fingerprint density at radius 2 is 1.25 bits per heavy atom. The van der Waals surface area contributed by atoms with Crippen LogP contribution in [0.1, 0.15) is 13.8 Å². The fourth-order valence-electron chi connectivity index (χ4n) is 0.253. The lowest BCUT2D eigenvalue weighted by molar-refractivity contribution is 1.03. The monoisotopic (exact) mass is 110 g/mol. The first kappa shape index (κ1) is 7.08. The molecule has 8 heavy (non-hydrogen) atoms. The quantitative estimate of drug-likeness (QED) is 0.505. The highest BCUT2D eigenvalue weighted by Crippen LogP contribution is 1.68. The average Bonchev–Trinajstić information content (AvgIpc) is 1.96. The van der Waals surface area contributed by atoms with Gasteiger partial charge in [-0.15, -0.1) is 0 Å². The third-order valence-electron chi connectivity index (χ3n) is 0.483. The Labute approximate surface area is 49.6 Å². The Bertz CT molecular complexity index is 78.5. The van der Waals surface area contributed by atoms with Crippen LogP contribution in [0.4, 0.5) is 0 Å². The van der Waals surface area contributed by atoms with E-state index in [1.807, 2.05) is 26.0 Å². The van der Waals surface area contributed by atoms with Crippen LogP contribution in [0, 0.1) is 0 Å². The fourth-order valence-corrected chi connectivity index (χ4v) is 0.253. The Kier molecular flexibility index (Phi) is 5.38. The molecule has 0 N–H and O–H groups in total. The zero-order chi connectivity index (χ0) is 6.24. The summed E-state index contributed by atoms with van der Waals surface area (Å²) in [6.07, 6.45) is 3.28. The van der Waals surface area contributed by atoms with Crippen LogP contribution in [0.2, 0.25) is 0 Å². The van der Waals surface area contributed by atoms with Gasteiger partial charge in [-0.05, 0) is 12.1 Å². The van der Waals surface area contributed by atoms with Gasteiger partial charge in [0.25, 0.3) is 0 Å². The van der Waals surface area contributed by atoms with Crippen molar-refractivity contribution in [1.82, 2.24) is 10.2 Å². The normalized spacial score (nSPS) is 6.75. The number of rotatable bonds is 0. The van der Waals surface area contributed by atoms with E-state index in [1.54, 1.807) is 12.4 Å². The first-order chi connectivity index (χ1) is 4.00. The molecule has 0 amide bonds. The minimum Gasteiger partial charge on any atom is -0.159 e. The molecule has 0 aliphatic carbocycles. The zero-order valence-corrected chi connectivity index (χ0v) is 5.20. The van der Waals surface area contributed by atoms with Gasteiger partial charge in [0.05, 0.1) is 0 Å². The van der Waals surface area contributed by atoms with Gasteiger partial charge in [0.1, 0.15) is 0 Å². The molecule has 1 aromatic heterocycles. The molecule has 0 bridgehead atoms. The SMILES string of the molecule is CC.c1ccnnc1. The molecule has 0 radical (unpaired) electrons. The summed E-state index contributed by atoms with van der Waals surface area (Å²) in [7, 11) is 0. The van der Waals surface area contributed by atoms with Gasteiger partial charge in [-0.2, -0.15) is 10.2 Å². The molecule has 2 heteroatoms. The van der Waals surface area contributed by atoms with E-state index in [1.165, 1.54) is 0 Å². The molecule has 0 atom stereocenters. The fraction of sp³-hybridized carbons (Fsp3) is 0.333. The standard InChI is InChI=1S/C4H4N2.C2H6/c1-2-4-6-5-3-1;1-2/h1-4H;1-2H3. The molecule has 0 fully saturated rings. The summed E-state index contributed by atoms with van der Waals surface area (Å²) >= 11 is 0. The van der Waals surface area contributed by atoms with Crippen molar-refractivity contribution in [3.63, 3.8) is 0 Å². The molecule has 0 saturated heterocycles.